The average Bonchev–Trinajstić information content (AvgIpc) is 2.74. The zero-order valence-electron chi connectivity index (χ0n) is 16.7. The number of carbonyl (C=O) groups excluding carboxylic acids is 1. The fraction of sp³-hybridized carbons (Fsp3) is 0.167. The molecule has 0 saturated carbocycles. The summed E-state index contributed by atoms with van der Waals surface area (Å²) in [5.41, 5.74) is 5.50. The quantitative estimate of drug-likeness (QED) is 0.454. The van der Waals surface area contributed by atoms with E-state index in [1.165, 1.54) is 12.7 Å². The molecule has 5 heteroatoms. The normalized spacial score (nSPS) is 11.4. The first-order chi connectivity index (χ1) is 14.0. The molecule has 4 nitrogen and oxygen atoms in total. The largest absolute Gasteiger partial charge is 0.465 e. The molecule has 3 rings (SSSR count). The third-order valence-electron chi connectivity index (χ3n) is 4.81. The summed E-state index contributed by atoms with van der Waals surface area (Å²) in [6, 6.07) is 23.9. The molecule has 1 unspecified atom stereocenters. The number of thiocarbonyl (C=S) groups is 1. The number of benzene rings is 3. The highest BCUT2D eigenvalue weighted by Crippen LogP contribution is 2.24. The van der Waals surface area contributed by atoms with Gasteiger partial charge >= 0.3 is 5.97 Å². The Hall–Kier alpha value is -3.18. The second kappa shape index (κ2) is 9.34. The van der Waals surface area contributed by atoms with Crippen molar-refractivity contribution in [1.82, 2.24) is 5.32 Å². The van der Waals surface area contributed by atoms with E-state index >= 15 is 0 Å². The van der Waals surface area contributed by atoms with Crippen molar-refractivity contribution < 1.29 is 9.53 Å². The molecule has 0 radical (unpaired) electrons. The number of carbonyl (C=O) groups is 1. The number of aryl methyl sites for hydroxylation is 1. The number of hydrogen-bond donors (Lipinski definition) is 2. The molecule has 0 aliphatic carbocycles. The van der Waals surface area contributed by atoms with E-state index < -0.39 is 0 Å². The first-order valence-corrected chi connectivity index (χ1v) is 9.77. The van der Waals surface area contributed by atoms with Crippen LogP contribution in [0, 0.1) is 13.8 Å². The minimum Gasteiger partial charge on any atom is -0.465 e. The molecule has 0 bridgehead atoms. The third-order valence-corrected chi connectivity index (χ3v) is 5.03. The Morgan fingerprint density at radius 1 is 0.897 bits per heavy atom. The van der Waals surface area contributed by atoms with Gasteiger partial charge in [0.2, 0.25) is 0 Å². The highest BCUT2D eigenvalue weighted by Gasteiger charge is 2.17. The van der Waals surface area contributed by atoms with Crippen molar-refractivity contribution in [2.45, 2.75) is 19.9 Å². The second-order valence-corrected chi connectivity index (χ2v) is 7.23. The SMILES string of the molecule is COC(=O)c1cccc(NC(=S)NC(c2ccccc2)c2ccc(C)cc2)c1C. The monoisotopic (exact) mass is 404 g/mol. The van der Waals surface area contributed by atoms with Gasteiger partial charge in [-0.1, -0.05) is 66.2 Å². The van der Waals surface area contributed by atoms with Gasteiger partial charge in [-0.05, 0) is 54.9 Å². The van der Waals surface area contributed by atoms with E-state index in [2.05, 4.69) is 54.0 Å². The van der Waals surface area contributed by atoms with E-state index in [4.69, 9.17) is 17.0 Å². The Kier molecular flexibility index (Phi) is 6.62. The van der Waals surface area contributed by atoms with Crippen LogP contribution in [0.4, 0.5) is 5.69 Å². The van der Waals surface area contributed by atoms with Crippen LogP contribution in [0.25, 0.3) is 0 Å². The second-order valence-electron chi connectivity index (χ2n) is 6.82. The lowest BCUT2D eigenvalue weighted by Gasteiger charge is -2.23. The van der Waals surface area contributed by atoms with Crippen LogP contribution >= 0.6 is 12.2 Å². The summed E-state index contributed by atoms with van der Waals surface area (Å²) in [5.74, 6) is -0.369. The number of ether oxygens (including phenoxy) is 1. The number of hydrogen-bond acceptors (Lipinski definition) is 3. The zero-order valence-corrected chi connectivity index (χ0v) is 17.5. The zero-order chi connectivity index (χ0) is 20.8. The molecule has 3 aromatic carbocycles. The average molecular weight is 405 g/mol. The Morgan fingerprint density at radius 2 is 1.55 bits per heavy atom. The Balaban J connectivity index is 1.84. The summed E-state index contributed by atoms with van der Waals surface area (Å²) >= 11 is 5.60. The summed E-state index contributed by atoms with van der Waals surface area (Å²) in [6.45, 7) is 3.93. The lowest BCUT2D eigenvalue weighted by atomic mass is 9.98. The Labute approximate surface area is 176 Å². The third kappa shape index (κ3) is 5.00. The number of rotatable bonds is 5. The van der Waals surface area contributed by atoms with Crippen molar-refractivity contribution >= 4 is 29.0 Å². The van der Waals surface area contributed by atoms with Crippen LogP contribution in [0.2, 0.25) is 0 Å². The van der Waals surface area contributed by atoms with Crippen LogP contribution in [0.3, 0.4) is 0 Å². The minimum atomic E-state index is -0.369. The molecule has 0 heterocycles. The molecule has 29 heavy (non-hydrogen) atoms. The maximum absolute atomic E-state index is 11.9. The molecule has 0 spiro atoms. The molecule has 3 aromatic rings. The van der Waals surface area contributed by atoms with Crippen molar-refractivity contribution in [2.75, 3.05) is 12.4 Å². The Bertz CT molecular complexity index is 1000. The van der Waals surface area contributed by atoms with Crippen LogP contribution in [-0.4, -0.2) is 18.2 Å². The Morgan fingerprint density at radius 3 is 2.21 bits per heavy atom. The molecule has 0 fully saturated rings. The summed E-state index contributed by atoms with van der Waals surface area (Å²) in [5, 5.41) is 7.11. The van der Waals surface area contributed by atoms with E-state index in [9.17, 15) is 4.79 Å². The van der Waals surface area contributed by atoms with Gasteiger partial charge in [0.25, 0.3) is 0 Å². The standard InChI is InChI=1S/C24H24N2O2S/c1-16-12-14-19(15-13-16)22(18-8-5-4-6-9-18)26-24(29)25-21-11-7-10-20(17(21)2)23(27)28-3/h4-15,22H,1-3H3,(H2,25,26,29). The summed E-state index contributed by atoms with van der Waals surface area (Å²) < 4.78 is 4.85. The highest BCUT2D eigenvalue weighted by atomic mass is 32.1. The van der Waals surface area contributed by atoms with E-state index in [0.29, 0.717) is 10.7 Å². The van der Waals surface area contributed by atoms with E-state index in [-0.39, 0.29) is 12.0 Å². The summed E-state index contributed by atoms with van der Waals surface area (Å²) in [7, 11) is 1.38. The fourth-order valence-electron chi connectivity index (χ4n) is 3.16. The predicted molar refractivity (Wildman–Crippen MR) is 121 cm³/mol. The maximum Gasteiger partial charge on any atom is 0.338 e. The molecule has 0 aliphatic rings. The molecule has 148 valence electrons. The molecule has 1 atom stereocenters. The minimum absolute atomic E-state index is 0.0964. The van der Waals surface area contributed by atoms with Gasteiger partial charge < -0.3 is 15.4 Å². The summed E-state index contributed by atoms with van der Waals surface area (Å²) in [4.78, 5) is 11.9. The molecule has 0 amide bonds. The van der Waals surface area contributed by atoms with Gasteiger partial charge in [0.15, 0.2) is 5.11 Å². The topological polar surface area (TPSA) is 50.4 Å². The van der Waals surface area contributed by atoms with Crippen LogP contribution in [-0.2, 0) is 4.74 Å². The first kappa shape index (κ1) is 20.6. The van der Waals surface area contributed by atoms with Gasteiger partial charge in [-0.25, -0.2) is 4.79 Å². The predicted octanol–water partition coefficient (Wildman–Crippen LogP) is 5.17. The molecular formula is C24H24N2O2S. The molecule has 0 saturated heterocycles. The van der Waals surface area contributed by atoms with Gasteiger partial charge in [0, 0.05) is 5.69 Å². The number of methoxy groups -OCH3 is 1. The number of nitrogens with one attached hydrogen (secondary N) is 2. The van der Waals surface area contributed by atoms with Crippen molar-refractivity contribution in [3.05, 3.63) is 101 Å². The van der Waals surface area contributed by atoms with Crippen LogP contribution < -0.4 is 10.6 Å². The van der Waals surface area contributed by atoms with Crippen LogP contribution in [0.5, 0.6) is 0 Å². The maximum atomic E-state index is 11.9. The molecule has 0 aromatic heterocycles. The molecular weight excluding hydrogens is 380 g/mol. The van der Waals surface area contributed by atoms with Crippen molar-refractivity contribution in [1.29, 1.82) is 0 Å². The molecule has 2 N–H and O–H groups in total. The van der Waals surface area contributed by atoms with Gasteiger partial charge in [-0.15, -0.1) is 0 Å². The van der Waals surface area contributed by atoms with Crippen molar-refractivity contribution in [3.8, 4) is 0 Å². The van der Waals surface area contributed by atoms with E-state index in [1.807, 2.05) is 31.2 Å². The van der Waals surface area contributed by atoms with Crippen molar-refractivity contribution in [2.24, 2.45) is 0 Å². The lowest BCUT2D eigenvalue weighted by molar-refractivity contribution is 0.0600. The number of anilines is 1. The fourth-order valence-corrected chi connectivity index (χ4v) is 3.38. The van der Waals surface area contributed by atoms with Gasteiger partial charge in [-0.3, -0.25) is 0 Å². The van der Waals surface area contributed by atoms with E-state index in [1.54, 1.807) is 12.1 Å². The van der Waals surface area contributed by atoms with Gasteiger partial charge in [0.05, 0.1) is 18.7 Å². The first-order valence-electron chi connectivity index (χ1n) is 9.36. The van der Waals surface area contributed by atoms with Crippen LogP contribution in [0.1, 0.15) is 38.7 Å². The lowest BCUT2D eigenvalue weighted by Crippen LogP contribution is -2.33. The van der Waals surface area contributed by atoms with Crippen LogP contribution in [0.15, 0.2) is 72.8 Å². The van der Waals surface area contributed by atoms with Gasteiger partial charge in [0.1, 0.15) is 0 Å². The number of esters is 1. The van der Waals surface area contributed by atoms with Gasteiger partial charge in [-0.2, -0.15) is 0 Å². The summed E-state index contributed by atoms with van der Waals surface area (Å²) in [6.07, 6.45) is 0. The smallest absolute Gasteiger partial charge is 0.338 e. The highest BCUT2D eigenvalue weighted by molar-refractivity contribution is 7.80. The molecule has 0 aliphatic heterocycles. The van der Waals surface area contributed by atoms with E-state index in [0.717, 1.165) is 22.4 Å². The van der Waals surface area contributed by atoms with Crippen molar-refractivity contribution in [3.63, 3.8) is 0 Å².